The maximum atomic E-state index is 12.6. The van der Waals surface area contributed by atoms with Crippen LogP contribution >= 0.6 is 0 Å². The molecule has 2 fully saturated rings. The Bertz CT molecular complexity index is 690. The molecule has 2 saturated carbocycles. The van der Waals surface area contributed by atoms with Crippen LogP contribution in [-0.2, 0) is 9.84 Å². The van der Waals surface area contributed by atoms with Gasteiger partial charge >= 0.3 is 0 Å². The molecule has 2 nitrogen and oxygen atoms in total. The van der Waals surface area contributed by atoms with Crippen molar-refractivity contribution in [2.75, 3.05) is 5.75 Å². The van der Waals surface area contributed by atoms with E-state index >= 15 is 0 Å². The minimum absolute atomic E-state index is 0.289. The van der Waals surface area contributed by atoms with Gasteiger partial charge in [0.1, 0.15) is 0 Å². The summed E-state index contributed by atoms with van der Waals surface area (Å²) in [5, 5.41) is 0. The van der Waals surface area contributed by atoms with E-state index in [1.54, 1.807) is 0 Å². The van der Waals surface area contributed by atoms with Gasteiger partial charge in [-0.25, -0.2) is 8.42 Å². The van der Waals surface area contributed by atoms with Crippen molar-refractivity contribution in [3.63, 3.8) is 0 Å². The van der Waals surface area contributed by atoms with Crippen molar-refractivity contribution in [2.24, 2.45) is 11.8 Å². The van der Waals surface area contributed by atoms with Gasteiger partial charge in [0, 0.05) is 0 Å². The summed E-state index contributed by atoms with van der Waals surface area (Å²) >= 11 is 0. The van der Waals surface area contributed by atoms with Crippen molar-refractivity contribution in [3.05, 3.63) is 42.5 Å². The van der Waals surface area contributed by atoms with E-state index in [1.807, 2.05) is 18.2 Å². The first kappa shape index (κ1) is 20.6. The average Bonchev–Trinajstić information content (AvgIpc) is 3.30. The van der Waals surface area contributed by atoms with Crippen LogP contribution in [0.3, 0.4) is 0 Å². The largest absolute Gasteiger partial charge is 0.224 e. The fraction of sp³-hybridized carbons (Fsp3) is 0.667. The van der Waals surface area contributed by atoms with E-state index in [2.05, 4.69) is 18.7 Å². The van der Waals surface area contributed by atoms with E-state index in [-0.39, 0.29) is 5.75 Å². The molecule has 0 amide bonds. The second-order valence-electron chi connectivity index (χ2n) is 8.72. The molecule has 3 unspecified atom stereocenters. The summed E-state index contributed by atoms with van der Waals surface area (Å²) in [7, 11) is -3.13. The quantitative estimate of drug-likeness (QED) is 0.296. The van der Waals surface area contributed by atoms with E-state index < -0.39 is 9.84 Å². The van der Waals surface area contributed by atoms with Crippen LogP contribution in [0.5, 0.6) is 0 Å². The Morgan fingerprint density at radius 1 is 0.889 bits per heavy atom. The summed E-state index contributed by atoms with van der Waals surface area (Å²) < 4.78 is 25.2. The molecule has 0 saturated heterocycles. The lowest BCUT2D eigenvalue weighted by molar-refractivity contribution is 0.420. The molecule has 150 valence electrons. The Hall–Kier alpha value is -1.09. The standard InChI is InChI=1S/C24H36O2S/c1-2-3-4-5-6-7-8-9-10-17-27(25,26)23-15-13-21(14-16-23)24-19-20-11-12-22(24)18-20/h2,13-16,20,22,24H,1,3-12,17-19H2. The zero-order valence-electron chi connectivity index (χ0n) is 16.7. The third kappa shape index (κ3) is 5.70. The number of allylic oxidation sites excluding steroid dienone is 1. The van der Waals surface area contributed by atoms with Gasteiger partial charge in [0.15, 0.2) is 9.84 Å². The van der Waals surface area contributed by atoms with Gasteiger partial charge in [-0.2, -0.15) is 0 Å². The van der Waals surface area contributed by atoms with E-state index in [0.29, 0.717) is 10.8 Å². The first-order chi connectivity index (χ1) is 13.1. The minimum atomic E-state index is -3.13. The molecule has 2 aliphatic carbocycles. The summed E-state index contributed by atoms with van der Waals surface area (Å²) in [6, 6.07) is 7.88. The monoisotopic (exact) mass is 388 g/mol. The molecule has 0 spiro atoms. The molecule has 1 aromatic carbocycles. The van der Waals surface area contributed by atoms with E-state index in [4.69, 9.17) is 0 Å². The summed E-state index contributed by atoms with van der Waals surface area (Å²) in [5.41, 5.74) is 1.36. The first-order valence-electron chi connectivity index (χ1n) is 11.0. The van der Waals surface area contributed by atoms with Crippen LogP contribution in [0.15, 0.2) is 41.8 Å². The number of benzene rings is 1. The van der Waals surface area contributed by atoms with Crippen molar-refractivity contribution < 1.29 is 8.42 Å². The molecule has 0 aliphatic heterocycles. The molecule has 0 radical (unpaired) electrons. The van der Waals surface area contributed by atoms with Gasteiger partial charge in [-0.1, -0.05) is 56.7 Å². The third-order valence-corrected chi connectivity index (χ3v) is 8.54. The maximum Gasteiger partial charge on any atom is 0.178 e. The zero-order chi connectivity index (χ0) is 19.1. The molecular formula is C24H36O2S. The van der Waals surface area contributed by atoms with Gasteiger partial charge in [-0.3, -0.25) is 0 Å². The Labute approximate surface area is 166 Å². The summed E-state index contributed by atoms with van der Waals surface area (Å²) in [5.74, 6) is 2.73. The molecule has 3 atom stereocenters. The average molecular weight is 389 g/mol. The van der Waals surface area contributed by atoms with E-state index in [9.17, 15) is 8.42 Å². The SMILES string of the molecule is C=CCCCCCCCCCS(=O)(=O)c1ccc(C2CC3CCC2C3)cc1. The molecular weight excluding hydrogens is 352 g/mol. The van der Waals surface area contributed by atoms with Crippen LogP contribution in [0.1, 0.15) is 88.5 Å². The second-order valence-corrected chi connectivity index (χ2v) is 10.8. The van der Waals surface area contributed by atoms with Crippen molar-refractivity contribution in [3.8, 4) is 0 Å². The highest BCUT2D eigenvalue weighted by molar-refractivity contribution is 7.91. The van der Waals surface area contributed by atoms with Gasteiger partial charge in [0.25, 0.3) is 0 Å². The molecule has 2 aliphatic rings. The number of rotatable bonds is 12. The van der Waals surface area contributed by atoms with E-state index in [1.165, 1.54) is 56.9 Å². The summed E-state index contributed by atoms with van der Waals surface area (Å²) in [6.07, 6.45) is 16.5. The van der Waals surface area contributed by atoms with Gasteiger partial charge in [0.05, 0.1) is 10.6 Å². The molecule has 0 heterocycles. The highest BCUT2D eigenvalue weighted by atomic mass is 32.2. The van der Waals surface area contributed by atoms with Crippen LogP contribution in [0.2, 0.25) is 0 Å². The molecule has 3 rings (SSSR count). The normalized spacial score (nSPS) is 24.4. The molecule has 0 N–H and O–H groups in total. The molecule has 27 heavy (non-hydrogen) atoms. The number of sulfone groups is 1. The van der Waals surface area contributed by atoms with Crippen molar-refractivity contribution >= 4 is 9.84 Å². The molecule has 1 aromatic rings. The minimum Gasteiger partial charge on any atom is -0.224 e. The number of fused-ring (bicyclic) bond motifs is 2. The lowest BCUT2D eigenvalue weighted by Crippen LogP contribution is -2.10. The zero-order valence-corrected chi connectivity index (χ0v) is 17.6. The van der Waals surface area contributed by atoms with Crippen molar-refractivity contribution in [2.45, 2.75) is 87.9 Å². The van der Waals surface area contributed by atoms with Gasteiger partial charge in [-0.05, 0) is 74.0 Å². The molecule has 3 heteroatoms. The maximum absolute atomic E-state index is 12.6. The topological polar surface area (TPSA) is 34.1 Å². The van der Waals surface area contributed by atoms with Crippen molar-refractivity contribution in [1.82, 2.24) is 0 Å². The number of hydrogen-bond acceptors (Lipinski definition) is 2. The van der Waals surface area contributed by atoms with Crippen LogP contribution in [0.25, 0.3) is 0 Å². The Morgan fingerprint density at radius 2 is 1.56 bits per heavy atom. The predicted octanol–water partition coefficient (Wildman–Crippen LogP) is 6.67. The summed E-state index contributed by atoms with van der Waals surface area (Å²) in [6.45, 7) is 3.74. The Balaban J connectivity index is 1.39. The highest BCUT2D eigenvalue weighted by Crippen LogP contribution is 2.52. The van der Waals surface area contributed by atoms with Crippen LogP contribution < -0.4 is 0 Å². The van der Waals surface area contributed by atoms with Gasteiger partial charge < -0.3 is 0 Å². The highest BCUT2D eigenvalue weighted by Gasteiger charge is 2.40. The molecule has 0 aromatic heterocycles. The number of hydrogen-bond donors (Lipinski definition) is 0. The van der Waals surface area contributed by atoms with Crippen molar-refractivity contribution in [1.29, 1.82) is 0 Å². The van der Waals surface area contributed by atoms with E-state index in [0.717, 1.165) is 37.5 Å². The summed E-state index contributed by atoms with van der Waals surface area (Å²) in [4.78, 5) is 0.513. The fourth-order valence-electron chi connectivity index (χ4n) is 5.16. The van der Waals surface area contributed by atoms with Gasteiger partial charge in [0.2, 0.25) is 0 Å². The van der Waals surface area contributed by atoms with Crippen LogP contribution in [-0.4, -0.2) is 14.2 Å². The number of unbranched alkanes of at least 4 members (excludes halogenated alkanes) is 7. The lowest BCUT2D eigenvalue weighted by Gasteiger charge is -2.22. The Kier molecular flexibility index (Phi) is 7.57. The fourth-order valence-corrected chi connectivity index (χ4v) is 6.53. The third-order valence-electron chi connectivity index (χ3n) is 6.73. The Morgan fingerprint density at radius 3 is 2.15 bits per heavy atom. The van der Waals surface area contributed by atoms with Crippen LogP contribution in [0, 0.1) is 11.8 Å². The van der Waals surface area contributed by atoms with Crippen LogP contribution in [0.4, 0.5) is 0 Å². The predicted molar refractivity (Wildman–Crippen MR) is 114 cm³/mol. The smallest absolute Gasteiger partial charge is 0.178 e. The van der Waals surface area contributed by atoms with Gasteiger partial charge in [-0.15, -0.1) is 6.58 Å². The second kappa shape index (κ2) is 9.91. The lowest BCUT2D eigenvalue weighted by atomic mass is 9.83. The first-order valence-corrected chi connectivity index (χ1v) is 12.7. The molecule has 2 bridgehead atoms.